The van der Waals surface area contributed by atoms with Gasteiger partial charge in [-0.3, -0.25) is 4.79 Å². The summed E-state index contributed by atoms with van der Waals surface area (Å²) in [6.45, 7) is 1.06. The Balaban J connectivity index is 0.00000361. The smallest absolute Gasteiger partial charge is 0.220 e. The number of unbranched alkanes of at least 4 members (excludes halogenated alkanes) is 3. The van der Waals surface area contributed by atoms with Gasteiger partial charge in [0.1, 0.15) is 5.82 Å². The fourth-order valence-electron chi connectivity index (χ4n) is 1.74. The van der Waals surface area contributed by atoms with Gasteiger partial charge in [-0.1, -0.05) is 28.8 Å². The van der Waals surface area contributed by atoms with Crippen LogP contribution in [0.5, 0.6) is 0 Å². The zero-order chi connectivity index (χ0) is 14.1. The van der Waals surface area contributed by atoms with E-state index in [4.69, 9.17) is 5.73 Å². The number of halogens is 3. The highest BCUT2D eigenvalue weighted by molar-refractivity contribution is 9.10. The molecule has 1 amide bonds. The minimum Gasteiger partial charge on any atom is -0.352 e. The number of amides is 1. The number of hydrogen-bond donors (Lipinski definition) is 2. The first-order valence-electron chi connectivity index (χ1n) is 6.54. The lowest BCUT2D eigenvalue weighted by Crippen LogP contribution is -2.22. The Bertz CT molecular complexity index is 418. The zero-order valence-electron chi connectivity index (χ0n) is 11.3. The van der Waals surface area contributed by atoms with Crippen molar-refractivity contribution in [3.8, 4) is 0 Å². The second-order valence-electron chi connectivity index (χ2n) is 4.47. The van der Waals surface area contributed by atoms with Gasteiger partial charge in [0.05, 0.1) is 0 Å². The minimum absolute atomic E-state index is 0. The number of carbonyl (C=O) groups is 1. The maximum absolute atomic E-state index is 13.0. The summed E-state index contributed by atoms with van der Waals surface area (Å²) >= 11 is 3.33. The Labute approximate surface area is 134 Å². The predicted molar refractivity (Wildman–Crippen MR) is 85.3 cm³/mol. The molecule has 0 saturated carbocycles. The standard InChI is InChI=1S/C14H20BrFN2O.ClH/c15-13-7-6-12(16)9-11(13)10-18-14(19)5-3-1-2-4-8-17;/h6-7,9H,1-5,8,10,17H2,(H,18,19);1H. The van der Waals surface area contributed by atoms with Gasteiger partial charge in [0, 0.05) is 17.4 Å². The summed E-state index contributed by atoms with van der Waals surface area (Å²) in [6, 6.07) is 4.45. The molecule has 0 aromatic heterocycles. The van der Waals surface area contributed by atoms with Crippen LogP contribution in [0.25, 0.3) is 0 Å². The van der Waals surface area contributed by atoms with E-state index in [1.807, 2.05) is 0 Å². The molecule has 0 heterocycles. The average Bonchev–Trinajstić information content (AvgIpc) is 2.39. The third-order valence-electron chi connectivity index (χ3n) is 2.84. The normalized spacial score (nSPS) is 9.95. The molecule has 3 nitrogen and oxygen atoms in total. The molecular formula is C14H21BrClFN2O. The van der Waals surface area contributed by atoms with Crippen molar-refractivity contribution in [2.24, 2.45) is 5.73 Å². The molecule has 1 aromatic rings. The Morgan fingerprint density at radius 3 is 2.65 bits per heavy atom. The van der Waals surface area contributed by atoms with E-state index in [9.17, 15) is 9.18 Å². The second-order valence-corrected chi connectivity index (χ2v) is 5.32. The Hall–Kier alpha value is -0.650. The van der Waals surface area contributed by atoms with E-state index in [1.165, 1.54) is 12.1 Å². The molecule has 114 valence electrons. The van der Waals surface area contributed by atoms with Crippen molar-refractivity contribution in [1.82, 2.24) is 5.32 Å². The van der Waals surface area contributed by atoms with Crippen LogP contribution >= 0.6 is 28.3 Å². The molecule has 3 N–H and O–H groups in total. The summed E-state index contributed by atoms with van der Waals surface area (Å²) in [7, 11) is 0. The van der Waals surface area contributed by atoms with E-state index >= 15 is 0 Å². The third kappa shape index (κ3) is 7.82. The van der Waals surface area contributed by atoms with Gasteiger partial charge in [-0.25, -0.2) is 4.39 Å². The van der Waals surface area contributed by atoms with Crippen molar-refractivity contribution in [2.45, 2.75) is 38.6 Å². The van der Waals surface area contributed by atoms with Crippen molar-refractivity contribution in [3.05, 3.63) is 34.1 Å². The highest BCUT2D eigenvalue weighted by Gasteiger charge is 2.05. The fraction of sp³-hybridized carbons (Fsp3) is 0.500. The third-order valence-corrected chi connectivity index (χ3v) is 3.62. The Kier molecular flexibility index (Phi) is 10.7. The first-order valence-corrected chi connectivity index (χ1v) is 7.33. The second kappa shape index (κ2) is 11.1. The van der Waals surface area contributed by atoms with E-state index in [0.717, 1.165) is 35.7 Å². The van der Waals surface area contributed by atoms with E-state index in [-0.39, 0.29) is 24.1 Å². The lowest BCUT2D eigenvalue weighted by atomic mass is 10.1. The van der Waals surface area contributed by atoms with Crippen LogP contribution in [0.4, 0.5) is 4.39 Å². The highest BCUT2D eigenvalue weighted by atomic mass is 79.9. The van der Waals surface area contributed by atoms with Crippen LogP contribution in [0.3, 0.4) is 0 Å². The average molecular weight is 368 g/mol. The van der Waals surface area contributed by atoms with Crippen molar-refractivity contribution in [2.75, 3.05) is 6.54 Å². The van der Waals surface area contributed by atoms with Crippen LogP contribution in [0.15, 0.2) is 22.7 Å². The highest BCUT2D eigenvalue weighted by Crippen LogP contribution is 2.17. The summed E-state index contributed by atoms with van der Waals surface area (Å²) in [6.07, 6.45) is 4.49. The number of rotatable bonds is 8. The van der Waals surface area contributed by atoms with Crippen LogP contribution in [0.1, 0.15) is 37.7 Å². The summed E-state index contributed by atoms with van der Waals surface area (Å²) in [5.74, 6) is -0.293. The molecule has 0 aliphatic rings. The van der Waals surface area contributed by atoms with Crippen LogP contribution in [-0.4, -0.2) is 12.5 Å². The van der Waals surface area contributed by atoms with Gasteiger partial charge in [0.2, 0.25) is 5.91 Å². The van der Waals surface area contributed by atoms with E-state index in [2.05, 4.69) is 21.2 Å². The Morgan fingerprint density at radius 1 is 1.25 bits per heavy atom. The van der Waals surface area contributed by atoms with Gasteiger partial charge >= 0.3 is 0 Å². The van der Waals surface area contributed by atoms with E-state index in [0.29, 0.717) is 19.5 Å². The van der Waals surface area contributed by atoms with Gasteiger partial charge in [0.25, 0.3) is 0 Å². The van der Waals surface area contributed by atoms with Crippen molar-refractivity contribution >= 4 is 34.2 Å². The molecular weight excluding hydrogens is 347 g/mol. The lowest BCUT2D eigenvalue weighted by Gasteiger charge is -2.07. The SMILES string of the molecule is Cl.NCCCCCCC(=O)NCc1cc(F)ccc1Br. The van der Waals surface area contributed by atoms with Gasteiger partial charge in [-0.2, -0.15) is 0 Å². The van der Waals surface area contributed by atoms with Crippen molar-refractivity contribution in [1.29, 1.82) is 0 Å². The number of nitrogens with one attached hydrogen (secondary N) is 1. The molecule has 0 aliphatic heterocycles. The first kappa shape index (κ1) is 19.4. The number of carbonyl (C=O) groups excluding carboxylic acids is 1. The molecule has 0 aliphatic carbocycles. The number of benzene rings is 1. The molecule has 0 spiro atoms. The van der Waals surface area contributed by atoms with Crippen molar-refractivity contribution in [3.63, 3.8) is 0 Å². The zero-order valence-corrected chi connectivity index (χ0v) is 13.7. The molecule has 1 aromatic carbocycles. The van der Waals surface area contributed by atoms with Crippen LogP contribution in [-0.2, 0) is 11.3 Å². The first-order chi connectivity index (χ1) is 9.13. The molecule has 0 atom stereocenters. The maximum atomic E-state index is 13.0. The number of nitrogens with two attached hydrogens (primary N) is 1. The van der Waals surface area contributed by atoms with Gasteiger partial charge in [-0.15, -0.1) is 12.4 Å². The van der Waals surface area contributed by atoms with Gasteiger partial charge in [-0.05, 0) is 43.1 Å². The molecule has 0 radical (unpaired) electrons. The summed E-state index contributed by atoms with van der Waals surface area (Å²) in [5.41, 5.74) is 6.14. The monoisotopic (exact) mass is 366 g/mol. The largest absolute Gasteiger partial charge is 0.352 e. The lowest BCUT2D eigenvalue weighted by molar-refractivity contribution is -0.121. The summed E-state index contributed by atoms with van der Waals surface area (Å²) in [4.78, 5) is 11.6. The van der Waals surface area contributed by atoms with Gasteiger partial charge < -0.3 is 11.1 Å². The van der Waals surface area contributed by atoms with Crippen molar-refractivity contribution < 1.29 is 9.18 Å². The fourth-order valence-corrected chi connectivity index (χ4v) is 2.13. The topological polar surface area (TPSA) is 55.1 Å². The van der Waals surface area contributed by atoms with Crippen LogP contribution in [0.2, 0.25) is 0 Å². The molecule has 1 rings (SSSR count). The molecule has 6 heteroatoms. The molecule has 20 heavy (non-hydrogen) atoms. The minimum atomic E-state index is -0.297. The molecule has 0 bridgehead atoms. The molecule has 0 unspecified atom stereocenters. The molecule has 0 saturated heterocycles. The maximum Gasteiger partial charge on any atom is 0.220 e. The number of hydrogen-bond acceptors (Lipinski definition) is 2. The van der Waals surface area contributed by atoms with E-state index < -0.39 is 0 Å². The Morgan fingerprint density at radius 2 is 1.95 bits per heavy atom. The van der Waals surface area contributed by atoms with Crippen LogP contribution < -0.4 is 11.1 Å². The predicted octanol–water partition coefficient (Wildman–Crippen LogP) is 3.54. The quantitative estimate of drug-likeness (QED) is 0.691. The summed E-state index contributed by atoms with van der Waals surface area (Å²) < 4.78 is 13.9. The van der Waals surface area contributed by atoms with Crippen LogP contribution in [0, 0.1) is 5.82 Å². The summed E-state index contributed by atoms with van der Waals surface area (Å²) in [5, 5.41) is 2.80. The van der Waals surface area contributed by atoms with E-state index in [1.54, 1.807) is 6.07 Å². The van der Waals surface area contributed by atoms with Gasteiger partial charge in [0.15, 0.2) is 0 Å². The molecule has 0 fully saturated rings.